The standard InChI is InChI=1S/C12H26O3PSi.Li/c1-8-14-16(13,15-9-2)12(10-11(3)4)17(5,6)7;/h10H,8-9H2,1-7H3;/q-1;+1. The Morgan fingerprint density at radius 2 is 1.56 bits per heavy atom. The van der Waals surface area contributed by atoms with Crippen LogP contribution >= 0.6 is 7.60 Å². The molecule has 0 atom stereocenters. The molecule has 3 nitrogen and oxygen atoms in total. The first-order valence-corrected chi connectivity index (χ1v) is 11.1. The molecule has 0 fully saturated rings. The SMILES string of the molecule is CCOP(=O)(OCC)[C-](C=C(C)C)[Si](C)(C)C.[Li+]. The van der Waals surface area contributed by atoms with E-state index < -0.39 is 15.7 Å². The Morgan fingerprint density at radius 3 is 1.78 bits per heavy atom. The molecule has 0 rings (SSSR count). The first-order valence-electron chi connectivity index (χ1n) is 6.09. The normalized spacial score (nSPS) is 11.7. The largest absolute Gasteiger partial charge is 1.00 e. The molecule has 0 aliphatic heterocycles. The molecule has 0 aromatic carbocycles. The van der Waals surface area contributed by atoms with Gasteiger partial charge in [0.05, 0.1) is 13.2 Å². The maximum Gasteiger partial charge on any atom is 1.00 e. The van der Waals surface area contributed by atoms with E-state index in [4.69, 9.17) is 9.05 Å². The fraction of sp³-hybridized carbons (Fsp3) is 0.750. The average Bonchev–Trinajstić information content (AvgIpc) is 2.13. The van der Waals surface area contributed by atoms with Crippen molar-refractivity contribution in [3.8, 4) is 0 Å². The van der Waals surface area contributed by atoms with Gasteiger partial charge in [0.2, 0.25) is 0 Å². The van der Waals surface area contributed by atoms with Gasteiger partial charge in [0.1, 0.15) is 0 Å². The van der Waals surface area contributed by atoms with Crippen LogP contribution in [0.15, 0.2) is 11.6 Å². The Hall–Kier alpha value is 0.574. The summed E-state index contributed by atoms with van der Waals surface area (Å²) in [5.41, 5.74) is 1.13. The van der Waals surface area contributed by atoms with Gasteiger partial charge in [0.15, 0.2) is 0 Å². The van der Waals surface area contributed by atoms with Crippen LogP contribution in [0.25, 0.3) is 0 Å². The summed E-state index contributed by atoms with van der Waals surface area (Å²) in [5.74, 6) is 0. The molecule has 0 radical (unpaired) electrons. The minimum absolute atomic E-state index is 0. The third-order valence-electron chi connectivity index (χ3n) is 2.09. The summed E-state index contributed by atoms with van der Waals surface area (Å²) in [7, 11) is -4.84. The van der Waals surface area contributed by atoms with E-state index >= 15 is 0 Å². The van der Waals surface area contributed by atoms with Gasteiger partial charge in [-0.15, -0.1) is 19.1 Å². The molecule has 0 heterocycles. The van der Waals surface area contributed by atoms with E-state index in [1.165, 1.54) is 0 Å². The van der Waals surface area contributed by atoms with Gasteiger partial charge >= 0.3 is 18.9 Å². The van der Waals surface area contributed by atoms with Crippen LogP contribution in [0.1, 0.15) is 27.7 Å². The van der Waals surface area contributed by atoms with Crippen molar-refractivity contribution in [1.29, 1.82) is 0 Å². The zero-order valence-corrected chi connectivity index (χ0v) is 15.1. The summed E-state index contributed by atoms with van der Waals surface area (Å²) in [6.07, 6.45) is 1.98. The van der Waals surface area contributed by atoms with E-state index in [1.54, 1.807) is 0 Å². The van der Waals surface area contributed by atoms with Crippen molar-refractivity contribution in [1.82, 2.24) is 0 Å². The molecule has 0 aliphatic rings. The van der Waals surface area contributed by atoms with Gasteiger partial charge in [-0.2, -0.15) is 0 Å². The second kappa shape index (κ2) is 8.69. The van der Waals surface area contributed by atoms with E-state index in [0.717, 1.165) is 10.9 Å². The molecule has 0 spiro atoms. The molecule has 0 saturated carbocycles. The van der Waals surface area contributed by atoms with Crippen molar-refractivity contribution in [2.75, 3.05) is 13.2 Å². The van der Waals surface area contributed by atoms with Gasteiger partial charge < -0.3 is 9.05 Å². The Morgan fingerprint density at radius 1 is 1.17 bits per heavy atom. The van der Waals surface area contributed by atoms with Crippen molar-refractivity contribution >= 4 is 15.7 Å². The maximum atomic E-state index is 12.8. The molecular formula is C12H26LiO3PSi. The summed E-state index contributed by atoms with van der Waals surface area (Å²) in [4.78, 5) is 0. The summed E-state index contributed by atoms with van der Waals surface area (Å²) >= 11 is 0. The van der Waals surface area contributed by atoms with E-state index in [0.29, 0.717) is 13.2 Å². The van der Waals surface area contributed by atoms with Gasteiger partial charge in [0, 0.05) is 0 Å². The van der Waals surface area contributed by atoms with Gasteiger partial charge in [0.25, 0.3) is 7.60 Å². The van der Waals surface area contributed by atoms with Crippen molar-refractivity contribution < 1.29 is 32.5 Å². The zero-order valence-electron chi connectivity index (χ0n) is 13.2. The quantitative estimate of drug-likeness (QED) is 0.405. The molecule has 0 saturated heterocycles. The number of hydrogen-bond donors (Lipinski definition) is 0. The van der Waals surface area contributed by atoms with Crippen LogP contribution in [0, 0.1) is 5.28 Å². The van der Waals surface area contributed by atoms with Crippen LogP contribution < -0.4 is 18.9 Å². The Kier molecular flexibility index (Phi) is 10.1. The molecule has 0 bridgehead atoms. The summed E-state index contributed by atoms with van der Waals surface area (Å²) in [6.45, 7) is 15.0. The van der Waals surface area contributed by atoms with E-state index in [9.17, 15) is 4.57 Å². The van der Waals surface area contributed by atoms with Crippen molar-refractivity contribution in [2.45, 2.75) is 47.3 Å². The topological polar surface area (TPSA) is 35.5 Å². The second-order valence-electron chi connectivity index (χ2n) is 5.19. The van der Waals surface area contributed by atoms with Gasteiger partial charge in [-0.25, -0.2) is 11.6 Å². The van der Waals surface area contributed by atoms with Crippen LogP contribution in [0.3, 0.4) is 0 Å². The minimum atomic E-state index is -3.10. The van der Waals surface area contributed by atoms with Gasteiger partial charge in [-0.05, 0) is 21.9 Å². The molecule has 102 valence electrons. The van der Waals surface area contributed by atoms with Gasteiger partial charge in [-0.1, -0.05) is 19.6 Å². The third kappa shape index (κ3) is 6.66. The summed E-state index contributed by atoms with van der Waals surface area (Å²) < 4.78 is 23.7. The van der Waals surface area contributed by atoms with Crippen molar-refractivity contribution in [3.63, 3.8) is 0 Å². The predicted octanol–water partition coefficient (Wildman–Crippen LogP) is 1.63. The average molecular weight is 284 g/mol. The molecule has 6 heteroatoms. The molecule has 0 aromatic rings. The van der Waals surface area contributed by atoms with Gasteiger partial charge in [-0.3, -0.25) is 4.57 Å². The van der Waals surface area contributed by atoms with Crippen LogP contribution in [0.2, 0.25) is 19.6 Å². The van der Waals surface area contributed by atoms with E-state index in [-0.39, 0.29) is 18.9 Å². The van der Waals surface area contributed by atoms with Crippen molar-refractivity contribution in [3.05, 3.63) is 16.9 Å². The number of allylic oxidation sites excluding steroid dienone is 2. The first kappa shape index (κ1) is 20.9. The third-order valence-corrected chi connectivity index (χ3v) is 8.52. The smallest absolute Gasteiger partial charge is 0.318 e. The summed E-state index contributed by atoms with van der Waals surface area (Å²) in [5, 5.41) is 0.883. The minimum Gasteiger partial charge on any atom is -0.318 e. The molecule has 0 amide bonds. The van der Waals surface area contributed by atoms with E-state index in [2.05, 4.69) is 19.6 Å². The van der Waals surface area contributed by atoms with Crippen LogP contribution in [0.5, 0.6) is 0 Å². The molecule has 18 heavy (non-hydrogen) atoms. The van der Waals surface area contributed by atoms with Crippen LogP contribution in [-0.2, 0) is 13.6 Å². The Labute approximate surface area is 125 Å². The van der Waals surface area contributed by atoms with Crippen molar-refractivity contribution in [2.24, 2.45) is 0 Å². The predicted molar refractivity (Wildman–Crippen MR) is 76.9 cm³/mol. The fourth-order valence-electron chi connectivity index (χ4n) is 1.50. The number of rotatable bonds is 7. The molecule has 0 N–H and O–H groups in total. The maximum absolute atomic E-state index is 12.8. The molecule has 0 aliphatic carbocycles. The number of hydrogen-bond acceptors (Lipinski definition) is 3. The monoisotopic (exact) mass is 284 g/mol. The second-order valence-corrected chi connectivity index (χ2v) is 12.6. The van der Waals surface area contributed by atoms with Crippen LogP contribution in [0.4, 0.5) is 0 Å². The first-order chi connectivity index (χ1) is 7.67. The zero-order chi connectivity index (χ0) is 13.7. The summed E-state index contributed by atoms with van der Waals surface area (Å²) in [6, 6.07) is 0. The molecule has 0 unspecified atom stereocenters. The fourth-order valence-corrected chi connectivity index (χ4v) is 7.34. The van der Waals surface area contributed by atoms with E-state index in [1.807, 2.05) is 33.8 Å². The Bertz CT molecular complexity index is 299. The molecule has 0 aromatic heterocycles. The van der Waals surface area contributed by atoms with Crippen LogP contribution in [-0.4, -0.2) is 21.3 Å². The Balaban J connectivity index is 0. The molecular weight excluding hydrogens is 258 g/mol.